The zero-order valence-electron chi connectivity index (χ0n) is 20.6. The molecular formula is C25H30N8O2. The summed E-state index contributed by atoms with van der Waals surface area (Å²) in [6.45, 7) is 10.6. The smallest absolute Gasteiger partial charge is 0.261 e. The Bertz CT molecular complexity index is 1290. The van der Waals surface area contributed by atoms with Crippen LogP contribution in [-0.4, -0.2) is 40.7 Å². The van der Waals surface area contributed by atoms with Crippen molar-refractivity contribution >= 4 is 11.7 Å². The second-order valence-electron chi connectivity index (χ2n) is 9.61. The summed E-state index contributed by atoms with van der Waals surface area (Å²) in [7, 11) is 0. The van der Waals surface area contributed by atoms with Gasteiger partial charge in [-0.25, -0.2) is 9.97 Å². The number of ketones is 1. The zero-order valence-corrected chi connectivity index (χ0v) is 20.6. The summed E-state index contributed by atoms with van der Waals surface area (Å²) in [5.41, 5.74) is 8.18. The average molecular weight is 475 g/mol. The largest absolute Gasteiger partial charge is 0.368 e. The molecule has 0 saturated heterocycles. The molecule has 0 aromatic carbocycles. The maximum atomic E-state index is 12.1. The third-order valence-corrected chi connectivity index (χ3v) is 6.23. The summed E-state index contributed by atoms with van der Waals surface area (Å²) in [6.07, 6.45) is 9.03. The molecule has 2 N–H and O–H groups in total. The molecule has 0 saturated carbocycles. The quantitative estimate of drug-likeness (QED) is 0.382. The van der Waals surface area contributed by atoms with Gasteiger partial charge in [-0.3, -0.25) is 14.5 Å². The topological polar surface area (TPSA) is 138 Å². The maximum absolute atomic E-state index is 12.1. The zero-order chi connectivity index (χ0) is 25.2. The molecule has 0 bridgehead atoms. The lowest BCUT2D eigenvalue weighted by Crippen LogP contribution is -2.31. The lowest BCUT2D eigenvalue weighted by atomic mass is 9.73. The summed E-state index contributed by atoms with van der Waals surface area (Å²) in [5, 5.41) is 8.60. The van der Waals surface area contributed by atoms with Crippen molar-refractivity contribution in [1.82, 2.24) is 34.9 Å². The first kappa shape index (κ1) is 24.2. The van der Waals surface area contributed by atoms with Crippen molar-refractivity contribution in [3.05, 3.63) is 54.5 Å². The van der Waals surface area contributed by atoms with Gasteiger partial charge >= 0.3 is 0 Å². The van der Waals surface area contributed by atoms with Crippen molar-refractivity contribution in [3.8, 4) is 22.7 Å². The van der Waals surface area contributed by atoms with Crippen LogP contribution in [0.5, 0.6) is 0 Å². The van der Waals surface area contributed by atoms with Gasteiger partial charge in [0.2, 0.25) is 5.95 Å². The number of carbonyl (C=O) groups excluding carboxylic acids is 1. The minimum atomic E-state index is -0.547. The Labute approximate surface area is 204 Å². The minimum Gasteiger partial charge on any atom is -0.368 e. The van der Waals surface area contributed by atoms with Crippen molar-refractivity contribution in [3.63, 3.8) is 0 Å². The number of hydrogen-bond acceptors (Lipinski definition) is 9. The standard InChI is InChI=1S/C25H30N8O2/c1-15(2)8-20(34)14-33-13-18(11-30-33)22-31-23(32-35-22)25(5,16(3)4)19-6-7-21(27-12-19)17-9-28-24(26)29-10-17/h6-7,9-13,15-16H,8,14H2,1-5H3,(H2,26,28,29)/t25-/m1/s1. The molecule has 10 heteroatoms. The first-order valence-corrected chi connectivity index (χ1v) is 11.6. The van der Waals surface area contributed by atoms with Crippen LogP contribution >= 0.6 is 0 Å². The van der Waals surface area contributed by atoms with Crippen LogP contribution in [-0.2, 0) is 16.8 Å². The summed E-state index contributed by atoms with van der Waals surface area (Å²) >= 11 is 0. The van der Waals surface area contributed by atoms with Gasteiger partial charge in [-0.15, -0.1) is 0 Å². The van der Waals surface area contributed by atoms with E-state index >= 15 is 0 Å². The van der Waals surface area contributed by atoms with Crippen molar-refractivity contribution in [2.45, 2.75) is 53.0 Å². The predicted molar refractivity (Wildman–Crippen MR) is 131 cm³/mol. The molecule has 4 rings (SSSR count). The van der Waals surface area contributed by atoms with Crippen molar-refractivity contribution in [2.75, 3.05) is 5.73 Å². The van der Waals surface area contributed by atoms with E-state index in [-0.39, 0.29) is 24.2 Å². The summed E-state index contributed by atoms with van der Waals surface area (Å²) in [5.74, 6) is 1.73. The van der Waals surface area contributed by atoms with Crippen LogP contribution in [0.25, 0.3) is 22.7 Å². The number of hydrogen-bond donors (Lipinski definition) is 1. The molecule has 0 aliphatic carbocycles. The number of pyridine rings is 1. The highest BCUT2D eigenvalue weighted by Crippen LogP contribution is 2.38. The van der Waals surface area contributed by atoms with Gasteiger partial charge in [0.15, 0.2) is 11.6 Å². The Kier molecular flexibility index (Phi) is 6.72. The van der Waals surface area contributed by atoms with E-state index in [1.165, 1.54) is 0 Å². The fraction of sp³-hybridized carbons (Fsp3) is 0.400. The van der Waals surface area contributed by atoms with Gasteiger partial charge in [0.25, 0.3) is 5.89 Å². The van der Waals surface area contributed by atoms with Gasteiger partial charge < -0.3 is 10.3 Å². The minimum absolute atomic E-state index is 0.134. The number of anilines is 1. The number of nitrogens with two attached hydrogens (primary N) is 1. The normalized spacial score (nSPS) is 13.3. The third kappa shape index (κ3) is 5.11. The molecule has 0 fully saturated rings. The molecule has 4 heterocycles. The lowest BCUT2D eigenvalue weighted by Gasteiger charge is -2.30. The summed E-state index contributed by atoms with van der Waals surface area (Å²) < 4.78 is 7.21. The first-order valence-electron chi connectivity index (χ1n) is 11.6. The molecule has 4 aromatic rings. The molecule has 182 valence electrons. The maximum Gasteiger partial charge on any atom is 0.261 e. The predicted octanol–water partition coefficient (Wildman–Crippen LogP) is 3.94. The fourth-order valence-electron chi connectivity index (χ4n) is 3.88. The van der Waals surface area contributed by atoms with E-state index in [9.17, 15) is 4.79 Å². The number of nitrogens with zero attached hydrogens (tertiary/aromatic N) is 7. The van der Waals surface area contributed by atoms with Crippen LogP contribution in [0.1, 0.15) is 52.4 Å². The van der Waals surface area contributed by atoms with Crippen LogP contribution in [0.2, 0.25) is 0 Å². The molecule has 0 aliphatic heterocycles. The van der Waals surface area contributed by atoms with Crippen LogP contribution in [0, 0.1) is 11.8 Å². The van der Waals surface area contributed by atoms with Crippen LogP contribution in [0.15, 0.2) is 47.6 Å². The Morgan fingerprint density at radius 2 is 1.80 bits per heavy atom. The molecule has 10 nitrogen and oxygen atoms in total. The molecule has 35 heavy (non-hydrogen) atoms. The highest BCUT2D eigenvalue weighted by Gasteiger charge is 2.38. The van der Waals surface area contributed by atoms with Gasteiger partial charge in [-0.1, -0.05) is 38.9 Å². The van der Waals surface area contributed by atoms with E-state index in [1.54, 1.807) is 29.5 Å². The van der Waals surface area contributed by atoms with Gasteiger partial charge in [0.1, 0.15) is 0 Å². The lowest BCUT2D eigenvalue weighted by molar-refractivity contribution is -0.120. The molecule has 0 spiro atoms. The molecule has 0 radical (unpaired) electrons. The Morgan fingerprint density at radius 3 is 2.43 bits per heavy atom. The highest BCUT2D eigenvalue weighted by atomic mass is 16.5. The van der Waals surface area contributed by atoms with Crippen LogP contribution in [0.3, 0.4) is 0 Å². The number of nitrogen functional groups attached to an aromatic ring is 1. The first-order chi connectivity index (χ1) is 16.7. The van der Waals surface area contributed by atoms with E-state index < -0.39 is 5.41 Å². The van der Waals surface area contributed by atoms with Gasteiger partial charge in [0, 0.05) is 36.8 Å². The van der Waals surface area contributed by atoms with Gasteiger partial charge in [0.05, 0.1) is 29.4 Å². The monoisotopic (exact) mass is 474 g/mol. The molecule has 0 amide bonds. The second-order valence-corrected chi connectivity index (χ2v) is 9.61. The van der Waals surface area contributed by atoms with Crippen molar-refractivity contribution in [1.29, 1.82) is 0 Å². The Morgan fingerprint density at radius 1 is 1.06 bits per heavy atom. The third-order valence-electron chi connectivity index (χ3n) is 6.23. The molecule has 0 unspecified atom stereocenters. The van der Waals surface area contributed by atoms with Crippen LogP contribution in [0.4, 0.5) is 5.95 Å². The van der Waals surface area contributed by atoms with E-state index in [0.717, 1.165) is 16.8 Å². The SMILES string of the molecule is CC(C)CC(=O)Cn1cc(-c2nc([C@@](C)(c3ccc(-c4cnc(N)nc4)nc3)C(C)C)no2)cn1. The van der Waals surface area contributed by atoms with Gasteiger partial charge in [-0.2, -0.15) is 10.1 Å². The van der Waals surface area contributed by atoms with E-state index in [0.29, 0.717) is 29.6 Å². The molecule has 0 aliphatic rings. The molecular weight excluding hydrogens is 444 g/mol. The number of aromatic nitrogens is 7. The van der Waals surface area contributed by atoms with Crippen molar-refractivity contribution in [2.24, 2.45) is 11.8 Å². The number of Topliss-reactive ketones (excluding diaryl/α,β-unsaturated/α-hetero) is 1. The summed E-state index contributed by atoms with van der Waals surface area (Å²) in [6, 6.07) is 3.93. The Hall–Kier alpha value is -3.95. The van der Waals surface area contributed by atoms with Gasteiger partial charge in [-0.05, 0) is 30.4 Å². The molecule has 4 aromatic heterocycles. The summed E-state index contributed by atoms with van der Waals surface area (Å²) in [4.78, 5) is 29.5. The van der Waals surface area contributed by atoms with E-state index in [2.05, 4.69) is 46.0 Å². The Balaban J connectivity index is 1.58. The fourth-order valence-corrected chi connectivity index (χ4v) is 3.88. The van der Waals surface area contributed by atoms with Crippen LogP contribution < -0.4 is 5.73 Å². The second kappa shape index (κ2) is 9.73. The van der Waals surface area contributed by atoms with E-state index in [1.807, 2.05) is 32.2 Å². The van der Waals surface area contributed by atoms with Crippen molar-refractivity contribution < 1.29 is 9.32 Å². The van der Waals surface area contributed by atoms with E-state index in [4.69, 9.17) is 15.2 Å². The number of rotatable bonds is 9. The molecule has 1 atom stereocenters. The number of carbonyl (C=O) groups is 1. The highest BCUT2D eigenvalue weighted by molar-refractivity contribution is 5.78. The average Bonchev–Trinajstić information content (AvgIpc) is 3.48.